The van der Waals surface area contributed by atoms with E-state index in [2.05, 4.69) is 41.9 Å². The normalized spacial score (nSPS) is 18.3. The largest absolute Gasteiger partial charge is 0.358 e. The third-order valence-corrected chi connectivity index (χ3v) is 4.44. The number of para-hydroxylation sites is 1. The molecule has 1 amide bonds. The zero-order chi connectivity index (χ0) is 14.1. The minimum atomic E-state index is 0.150. The zero-order valence-corrected chi connectivity index (χ0v) is 12.3. The SMILES string of the molecule is Cc1[nH]c2ccccc2c1C(C)N1CCCCCC1=O. The van der Waals surface area contributed by atoms with Gasteiger partial charge in [-0.15, -0.1) is 0 Å². The average Bonchev–Trinajstić information content (AvgIpc) is 2.61. The highest BCUT2D eigenvalue weighted by Crippen LogP contribution is 2.32. The van der Waals surface area contributed by atoms with Gasteiger partial charge in [0.2, 0.25) is 5.91 Å². The minimum absolute atomic E-state index is 0.150. The zero-order valence-electron chi connectivity index (χ0n) is 12.3. The summed E-state index contributed by atoms with van der Waals surface area (Å²) in [5, 5.41) is 1.24. The van der Waals surface area contributed by atoms with Crippen LogP contribution in [0.4, 0.5) is 0 Å². The molecule has 1 N–H and O–H groups in total. The summed E-state index contributed by atoms with van der Waals surface area (Å²) < 4.78 is 0. The predicted molar refractivity (Wildman–Crippen MR) is 81.6 cm³/mol. The third kappa shape index (κ3) is 2.21. The lowest BCUT2D eigenvalue weighted by Crippen LogP contribution is -2.33. The van der Waals surface area contributed by atoms with Crippen LogP contribution in [0.3, 0.4) is 0 Å². The molecule has 1 aliphatic rings. The van der Waals surface area contributed by atoms with Crippen molar-refractivity contribution in [2.24, 2.45) is 0 Å². The molecular weight excluding hydrogens is 248 g/mol. The lowest BCUT2D eigenvalue weighted by atomic mass is 10.0. The second kappa shape index (κ2) is 5.31. The number of carbonyl (C=O) groups excluding carboxylic acids is 1. The van der Waals surface area contributed by atoms with Crippen molar-refractivity contribution in [3.05, 3.63) is 35.5 Å². The van der Waals surface area contributed by atoms with E-state index >= 15 is 0 Å². The number of amides is 1. The van der Waals surface area contributed by atoms with E-state index in [-0.39, 0.29) is 6.04 Å². The van der Waals surface area contributed by atoms with Gasteiger partial charge in [0.15, 0.2) is 0 Å². The first-order valence-corrected chi connectivity index (χ1v) is 7.55. The van der Waals surface area contributed by atoms with Gasteiger partial charge in [-0.1, -0.05) is 24.6 Å². The number of hydrogen-bond acceptors (Lipinski definition) is 1. The van der Waals surface area contributed by atoms with E-state index in [0.717, 1.165) is 24.9 Å². The van der Waals surface area contributed by atoms with Gasteiger partial charge < -0.3 is 9.88 Å². The maximum atomic E-state index is 12.3. The molecule has 0 saturated carbocycles. The quantitative estimate of drug-likeness (QED) is 0.881. The Kier molecular flexibility index (Phi) is 3.51. The van der Waals surface area contributed by atoms with Crippen LogP contribution in [0.1, 0.15) is 49.9 Å². The highest BCUT2D eigenvalue weighted by atomic mass is 16.2. The molecule has 3 nitrogen and oxygen atoms in total. The van der Waals surface area contributed by atoms with Gasteiger partial charge in [0.25, 0.3) is 0 Å². The first-order valence-electron chi connectivity index (χ1n) is 7.55. The third-order valence-electron chi connectivity index (χ3n) is 4.44. The van der Waals surface area contributed by atoms with Gasteiger partial charge in [-0.05, 0) is 32.8 Å². The van der Waals surface area contributed by atoms with Gasteiger partial charge in [0.05, 0.1) is 6.04 Å². The number of nitrogens with zero attached hydrogens (tertiary/aromatic N) is 1. The van der Waals surface area contributed by atoms with Gasteiger partial charge in [0.1, 0.15) is 0 Å². The molecule has 2 aromatic rings. The van der Waals surface area contributed by atoms with Crippen LogP contribution in [0, 0.1) is 6.92 Å². The van der Waals surface area contributed by atoms with Crippen molar-refractivity contribution in [2.45, 2.75) is 45.6 Å². The Bertz CT molecular complexity index is 629. The fourth-order valence-electron chi connectivity index (χ4n) is 3.41. The molecule has 1 saturated heterocycles. The van der Waals surface area contributed by atoms with Crippen LogP contribution in [0.5, 0.6) is 0 Å². The Morgan fingerprint density at radius 1 is 1.20 bits per heavy atom. The Balaban J connectivity index is 2.01. The standard InChI is InChI=1S/C17H22N2O/c1-12-17(14-8-5-6-9-15(14)18-12)13(2)19-11-7-3-4-10-16(19)20/h5-6,8-9,13,18H,3-4,7,10-11H2,1-2H3. The number of aryl methyl sites for hydroxylation is 1. The number of rotatable bonds is 2. The summed E-state index contributed by atoms with van der Waals surface area (Å²) in [7, 11) is 0. The van der Waals surface area contributed by atoms with E-state index < -0.39 is 0 Å². The number of aromatic nitrogens is 1. The second-order valence-electron chi connectivity index (χ2n) is 5.78. The average molecular weight is 270 g/mol. The number of H-pyrrole nitrogens is 1. The van der Waals surface area contributed by atoms with E-state index in [0.29, 0.717) is 12.3 Å². The molecule has 20 heavy (non-hydrogen) atoms. The number of fused-ring (bicyclic) bond motifs is 1. The fourth-order valence-corrected chi connectivity index (χ4v) is 3.41. The number of carbonyl (C=O) groups is 1. The summed E-state index contributed by atoms with van der Waals surface area (Å²) >= 11 is 0. The van der Waals surface area contributed by atoms with Gasteiger partial charge >= 0.3 is 0 Å². The minimum Gasteiger partial charge on any atom is -0.358 e. The lowest BCUT2D eigenvalue weighted by molar-refractivity contribution is -0.132. The van der Waals surface area contributed by atoms with Crippen molar-refractivity contribution in [1.82, 2.24) is 9.88 Å². The van der Waals surface area contributed by atoms with Gasteiger partial charge in [-0.25, -0.2) is 0 Å². The van der Waals surface area contributed by atoms with Crippen LogP contribution < -0.4 is 0 Å². The van der Waals surface area contributed by atoms with Crippen molar-refractivity contribution >= 4 is 16.8 Å². The molecule has 1 aromatic heterocycles. The van der Waals surface area contributed by atoms with Crippen molar-refractivity contribution in [3.8, 4) is 0 Å². The van der Waals surface area contributed by atoms with Crippen LogP contribution in [0.15, 0.2) is 24.3 Å². The number of likely N-dealkylation sites (tertiary alicyclic amines) is 1. The predicted octanol–water partition coefficient (Wildman–Crippen LogP) is 3.94. The van der Waals surface area contributed by atoms with Crippen LogP contribution in [-0.4, -0.2) is 22.3 Å². The molecule has 1 aromatic carbocycles. The van der Waals surface area contributed by atoms with Crippen molar-refractivity contribution in [2.75, 3.05) is 6.54 Å². The van der Waals surface area contributed by atoms with E-state index in [1.807, 2.05) is 6.07 Å². The molecule has 0 radical (unpaired) electrons. The summed E-state index contributed by atoms with van der Waals surface area (Å²) in [6, 6.07) is 8.51. The number of aromatic amines is 1. The van der Waals surface area contributed by atoms with Crippen molar-refractivity contribution in [1.29, 1.82) is 0 Å². The molecule has 0 aliphatic carbocycles. The number of hydrogen-bond donors (Lipinski definition) is 1. The van der Waals surface area contributed by atoms with Crippen molar-refractivity contribution < 1.29 is 4.79 Å². The molecule has 1 aliphatic heterocycles. The molecule has 0 spiro atoms. The maximum absolute atomic E-state index is 12.3. The number of benzene rings is 1. The molecule has 3 rings (SSSR count). The Morgan fingerprint density at radius 2 is 2.00 bits per heavy atom. The molecule has 3 heteroatoms. The monoisotopic (exact) mass is 270 g/mol. The van der Waals surface area contributed by atoms with E-state index in [1.54, 1.807) is 0 Å². The molecule has 106 valence electrons. The van der Waals surface area contributed by atoms with E-state index in [4.69, 9.17) is 0 Å². The number of nitrogens with one attached hydrogen (secondary N) is 1. The lowest BCUT2D eigenvalue weighted by Gasteiger charge is -2.28. The smallest absolute Gasteiger partial charge is 0.223 e. The van der Waals surface area contributed by atoms with E-state index in [1.165, 1.54) is 23.1 Å². The van der Waals surface area contributed by atoms with Crippen LogP contribution in [0.2, 0.25) is 0 Å². The molecule has 2 heterocycles. The highest BCUT2D eigenvalue weighted by Gasteiger charge is 2.25. The Hall–Kier alpha value is -1.77. The van der Waals surface area contributed by atoms with Gasteiger partial charge in [-0.2, -0.15) is 0 Å². The van der Waals surface area contributed by atoms with E-state index in [9.17, 15) is 4.79 Å². The summed E-state index contributed by atoms with van der Waals surface area (Å²) in [6.07, 6.45) is 4.03. The molecule has 0 bridgehead atoms. The summed E-state index contributed by atoms with van der Waals surface area (Å²) in [4.78, 5) is 17.8. The maximum Gasteiger partial charge on any atom is 0.223 e. The first kappa shape index (κ1) is 13.2. The van der Waals surface area contributed by atoms with Crippen LogP contribution >= 0.6 is 0 Å². The van der Waals surface area contributed by atoms with Crippen LogP contribution in [0.25, 0.3) is 10.9 Å². The summed E-state index contributed by atoms with van der Waals surface area (Å²) in [5.74, 6) is 0.305. The van der Waals surface area contributed by atoms with Crippen molar-refractivity contribution in [3.63, 3.8) is 0 Å². The Morgan fingerprint density at radius 3 is 2.85 bits per heavy atom. The molecule has 1 unspecified atom stereocenters. The molecule has 1 fully saturated rings. The van der Waals surface area contributed by atoms with Crippen LogP contribution in [-0.2, 0) is 4.79 Å². The summed E-state index contributed by atoms with van der Waals surface area (Å²) in [6.45, 7) is 5.15. The van der Waals surface area contributed by atoms with Gasteiger partial charge in [0, 0.05) is 35.1 Å². The topological polar surface area (TPSA) is 36.1 Å². The highest BCUT2D eigenvalue weighted by molar-refractivity contribution is 5.86. The molecule has 1 atom stereocenters. The first-order chi connectivity index (χ1) is 9.68. The summed E-state index contributed by atoms with van der Waals surface area (Å²) in [5.41, 5.74) is 3.61. The fraction of sp³-hybridized carbons (Fsp3) is 0.471. The van der Waals surface area contributed by atoms with Gasteiger partial charge in [-0.3, -0.25) is 4.79 Å². The second-order valence-corrected chi connectivity index (χ2v) is 5.78. The Labute approximate surface area is 120 Å². The molecular formula is C17H22N2O.